The number of nitrogens with one attached hydrogen (secondary N) is 1. The summed E-state index contributed by atoms with van der Waals surface area (Å²) < 4.78 is 0. The van der Waals surface area contributed by atoms with Crippen molar-refractivity contribution >= 4 is 11.8 Å². The molecule has 1 N–H and O–H groups in total. The molecule has 32 heavy (non-hydrogen) atoms. The fourth-order valence-electron chi connectivity index (χ4n) is 4.15. The fourth-order valence-corrected chi connectivity index (χ4v) is 4.15. The largest absolute Gasteiger partial charge is 0.353 e. The van der Waals surface area contributed by atoms with Gasteiger partial charge in [0.15, 0.2) is 5.82 Å². The van der Waals surface area contributed by atoms with E-state index >= 15 is 0 Å². The first kappa shape index (κ1) is 21.8. The Kier molecular flexibility index (Phi) is 6.69. The molecule has 1 aromatic heterocycles. The third-order valence-electron chi connectivity index (χ3n) is 5.89. The molecule has 2 amide bonds. The molecule has 166 valence electrons. The van der Waals surface area contributed by atoms with Gasteiger partial charge in [-0.25, -0.2) is 14.8 Å². The molecule has 0 saturated carbocycles. The molecule has 0 aliphatic carbocycles. The molecular formula is C26H31N5O. The maximum Gasteiger partial charge on any atom is 0.317 e. The zero-order valence-electron chi connectivity index (χ0n) is 19.1. The quantitative estimate of drug-likeness (QED) is 0.660. The van der Waals surface area contributed by atoms with Gasteiger partial charge in [0.2, 0.25) is 0 Å². The van der Waals surface area contributed by atoms with Crippen LogP contribution < -0.4 is 10.2 Å². The summed E-state index contributed by atoms with van der Waals surface area (Å²) in [7, 11) is 0. The summed E-state index contributed by atoms with van der Waals surface area (Å²) in [4.78, 5) is 26.4. The summed E-state index contributed by atoms with van der Waals surface area (Å²) in [6, 6.07) is 18.8. The zero-order chi connectivity index (χ0) is 22.5. The Bertz CT molecular complexity index is 1070. The molecule has 3 aromatic rings. The molecule has 6 nitrogen and oxygen atoms in total. The van der Waals surface area contributed by atoms with Gasteiger partial charge in [-0.1, -0.05) is 54.1 Å². The van der Waals surface area contributed by atoms with Crippen LogP contribution in [0.4, 0.5) is 10.6 Å². The number of carbonyl (C=O) groups excluding carboxylic acids is 1. The highest BCUT2D eigenvalue weighted by Gasteiger charge is 2.25. The normalized spacial score (nSPS) is 13.8. The van der Waals surface area contributed by atoms with Gasteiger partial charge in [-0.2, -0.15) is 0 Å². The van der Waals surface area contributed by atoms with Gasteiger partial charge in [0.1, 0.15) is 5.82 Å². The first-order chi connectivity index (χ1) is 15.5. The average Bonchev–Trinajstić information content (AvgIpc) is 2.81. The highest BCUT2D eigenvalue weighted by atomic mass is 16.2. The number of rotatable bonds is 5. The van der Waals surface area contributed by atoms with Crippen LogP contribution in [-0.4, -0.2) is 53.6 Å². The van der Waals surface area contributed by atoms with E-state index in [4.69, 9.17) is 9.97 Å². The van der Waals surface area contributed by atoms with E-state index in [-0.39, 0.29) is 6.03 Å². The van der Waals surface area contributed by atoms with E-state index in [9.17, 15) is 4.79 Å². The van der Waals surface area contributed by atoms with Crippen LogP contribution in [0.15, 0.2) is 54.6 Å². The van der Waals surface area contributed by atoms with Crippen LogP contribution in [0.1, 0.15) is 29.3 Å². The summed E-state index contributed by atoms with van der Waals surface area (Å²) >= 11 is 0. The van der Waals surface area contributed by atoms with E-state index in [0.717, 1.165) is 48.0 Å². The number of benzene rings is 2. The maximum atomic E-state index is 12.2. The van der Waals surface area contributed by atoms with Crippen molar-refractivity contribution in [2.24, 2.45) is 0 Å². The number of nitrogens with zero attached hydrogens (tertiary/aromatic N) is 4. The first-order valence-corrected chi connectivity index (χ1v) is 11.3. The Hall–Kier alpha value is -3.41. The number of aryl methyl sites for hydroxylation is 2. The molecule has 1 aliphatic rings. The molecule has 0 atom stereocenters. The van der Waals surface area contributed by atoms with Crippen LogP contribution in [0.3, 0.4) is 0 Å². The summed E-state index contributed by atoms with van der Waals surface area (Å²) in [6.07, 6.45) is 0.784. The van der Waals surface area contributed by atoms with Crippen LogP contribution in [0.2, 0.25) is 0 Å². The minimum absolute atomic E-state index is 0.0102. The van der Waals surface area contributed by atoms with Gasteiger partial charge >= 0.3 is 6.03 Å². The summed E-state index contributed by atoms with van der Waals surface area (Å²) in [6.45, 7) is 9.62. The van der Waals surface area contributed by atoms with E-state index in [2.05, 4.69) is 66.5 Å². The second-order valence-corrected chi connectivity index (χ2v) is 8.28. The van der Waals surface area contributed by atoms with Gasteiger partial charge in [0.25, 0.3) is 0 Å². The number of amides is 2. The van der Waals surface area contributed by atoms with Gasteiger partial charge in [-0.05, 0) is 32.4 Å². The lowest BCUT2D eigenvalue weighted by molar-refractivity contribution is 0.195. The molecule has 2 aromatic carbocycles. The van der Waals surface area contributed by atoms with Gasteiger partial charge in [0.05, 0.1) is 0 Å². The Balaban J connectivity index is 1.68. The standard InChI is InChI=1S/C26H31N5O/c1-4-27-26(32)31-15-13-30(14-16-31)25-23(18-21-10-6-5-7-11-21)20(3)28-24(29-25)22-12-8-9-19(2)17-22/h5-12,17H,4,13-16,18H2,1-3H3,(H,27,32). The van der Waals surface area contributed by atoms with Crippen LogP contribution in [0, 0.1) is 13.8 Å². The van der Waals surface area contributed by atoms with Gasteiger partial charge in [0, 0.05) is 56.0 Å². The fraction of sp³-hybridized carbons (Fsp3) is 0.346. The molecule has 0 radical (unpaired) electrons. The van der Waals surface area contributed by atoms with E-state index in [1.165, 1.54) is 11.1 Å². The van der Waals surface area contributed by atoms with Gasteiger partial charge in [-0.15, -0.1) is 0 Å². The number of hydrogen-bond donors (Lipinski definition) is 1. The van der Waals surface area contributed by atoms with Crippen molar-refractivity contribution in [3.05, 3.63) is 77.0 Å². The number of aromatic nitrogens is 2. The summed E-state index contributed by atoms with van der Waals surface area (Å²) in [5.41, 5.74) is 5.61. The number of piperazine rings is 1. The topological polar surface area (TPSA) is 61.4 Å². The highest BCUT2D eigenvalue weighted by Crippen LogP contribution is 2.28. The number of anilines is 1. The lowest BCUT2D eigenvalue weighted by Crippen LogP contribution is -2.52. The van der Waals surface area contributed by atoms with E-state index in [0.29, 0.717) is 19.6 Å². The first-order valence-electron chi connectivity index (χ1n) is 11.3. The molecule has 6 heteroatoms. The molecular weight excluding hydrogens is 398 g/mol. The maximum absolute atomic E-state index is 12.2. The smallest absolute Gasteiger partial charge is 0.317 e. The average molecular weight is 430 g/mol. The molecule has 0 unspecified atom stereocenters. The van der Waals surface area contributed by atoms with Gasteiger partial charge < -0.3 is 15.1 Å². The van der Waals surface area contributed by atoms with E-state index < -0.39 is 0 Å². The molecule has 1 saturated heterocycles. The molecule has 0 spiro atoms. The predicted molar refractivity (Wildman–Crippen MR) is 129 cm³/mol. The van der Waals surface area contributed by atoms with Crippen LogP contribution >= 0.6 is 0 Å². The lowest BCUT2D eigenvalue weighted by atomic mass is 10.0. The Morgan fingerprint density at radius 3 is 2.41 bits per heavy atom. The SMILES string of the molecule is CCNC(=O)N1CCN(c2nc(-c3cccc(C)c3)nc(C)c2Cc2ccccc2)CC1. The Labute approximate surface area is 190 Å². The Morgan fingerprint density at radius 2 is 1.72 bits per heavy atom. The second kappa shape index (κ2) is 9.81. The molecule has 0 bridgehead atoms. The van der Waals surface area contributed by atoms with Crippen molar-refractivity contribution in [2.45, 2.75) is 27.2 Å². The van der Waals surface area contributed by atoms with E-state index in [1.54, 1.807) is 0 Å². The minimum Gasteiger partial charge on any atom is -0.353 e. The number of carbonyl (C=O) groups is 1. The van der Waals surface area contributed by atoms with E-state index in [1.807, 2.05) is 24.0 Å². The number of urea groups is 1. The van der Waals surface area contributed by atoms with Crippen LogP contribution in [0.25, 0.3) is 11.4 Å². The second-order valence-electron chi connectivity index (χ2n) is 8.28. The third kappa shape index (κ3) is 4.90. The summed E-state index contributed by atoms with van der Waals surface area (Å²) in [5, 5.41) is 2.90. The van der Waals surface area contributed by atoms with Gasteiger partial charge in [-0.3, -0.25) is 0 Å². The lowest BCUT2D eigenvalue weighted by Gasteiger charge is -2.36. The zero-order valence-corrected chi connectivity index (χ0v) is 19.1. The molecule has 4 rings (SSSR count). The van der Waals surface area contributed by atoms with Crippen molar-refractivity contribution in [3.8, 4) is 11.4 Å². The van der Waals surface area contributed by atoms with Crippen LogP contribution in [0.5, 0.6) is 0 Å². The van der Waals surface area contributed by atoms with Crippen molar-refractivity contribution in [1.29, 1.82) is 0 Å². The monoisotopic (exact) mass is 429 g/mol. The van der Waals surface area contributed by atoms with Crippen LogP contribution in [-0.2, 0) is 6.42 Å². The van der Waals surface area contributed by atoms with Crippen molar-refractivity contribution < 1.29 is 4.79 Å². The summed E-state index contributed by atoms with van der Waals surface area (Å²) in [5.74, 6) is 1.73. The molecule has 2 heterocycles. The Morgan fingerprint density at radius 1 is 0.969 bits per heavy atom. The van der Waals surface area contributed by atoms with Crippen molar-refractivity contribution in [2.75, 3.05) is 37.6 Å². The third-order valence-corrected chi connectivity index (χ3v) is 5.89. The molecule has 1 fully saturated rings. The molecule has 1 aliphatic heterocycles. The predicted octanol–water partition coefficient (Wildman–Crippen LogP) is 4.20. The van der Waals surface area contributed by atoms with Crippen molar-refractivity contribution in [1.82, 2.24) is 20.2 Å². The van der Waals surface area contributed by atoms with Crippen molar-refractivity contribution in [3.63, 3.8) is 0 Å². The minimum atomic E-state index is 0.0102. The number of hydrogen-bond acceptors (Lipinski definition) is 4. The highest BCUT2D eigenvalue weighted by molar-refractivity contribution is 5.74.